The Morgan fingerprint density at radius 2 is 2.23 bits per heavy atom. The van der Waals surface area contributed by atoms with Crippen LogP contribution >= 0.6 is 11.3 Å². The van der Waals surface area contributed by atoms with Gasteiger partial charge in [0.25, 0.3) is 5.56 Å². The van der Waals surface area contributed by atoms with E-state index in [9.17, 15) is 9.90 Å². The number of rotatable bonds is 4. The number of nitrogens with zero attached hydrogens (tertiary/aromatic N) is 2. The third kappa shape index (κ3) is 2.95. The van der Waals surface area contributed by atoms with Gasteiger partial charge in [0.15, 0.2) is 0 Å². The van der Waals surface area contributed by atoms with Gasteiger partial charge in [-0.15, -0.1) is 11.3 Å². The molecule has 6 heteroatoms. The summed E-state index contributed by atoms with van der Waals surface area (Å²) in [5, 5.41) is 9.96. The largest absolute Gasteiger partial charge is 0.396 e. The first-order chi connectivity index (χ1) is 10.6. The van der Waals surface area contributed by atoms with Crippen LogP contribution in [0.25, 0.3) is 10.2 Å². The van der Waals surface area contributed by atoms with Crippen molar-refractivity contribution in [2.75, 3.05) is 13.2 Å². The molecule has 0 amide bonds. The maximum atomic E-state index is 12.3. The molecule has 3 rings (SSSR count). The predicted molar refractivity (Wildman–Crippen MR) is 89.5 cm³/mol. The van der Waals surface area contributed by atoms with Crippen molar-refractivity contribution in [1.29, 1.82) is 0 Å². The Morgan fingerprint density at radius 3 is 3.00 bits per heavy atom. The highest BCUT2D eigenvalue weighted by atomic mass is 32.1. The number of H-pyrrole nitrogens is 1. The van der Waals surface area contributed by atoms with Gasteiger partial charge in [-0.05, 0) is 45.2 Å². The van der Waals surface area contributed by atoms with Crippen LogP contribution in [0.1, 0.15) is 41.9 Å². The van der Waals surface area contributed by atoms with Crippen LogP contribution in [0.15, 0.2) is 4.79 Å². The van der Waals surface area contributed by atoms with E-state index in [1.165, 1.54) is 12.8 Å². The Kier molecular flexibility index (Phi) is 4.61. The van der Waals surface area contributed by atoms with E-state index in [-0.39, 0.29) is 12.2 Å². The highest BCUT2D eigenvalue weighted by Gasteiger charge is 2.23. The molecule has 0 aromatic carbocycles. The number of hydrogen-bond donors (Lipinski definition) is 2. The van der Waals surface area contributed by atoms with E-state index in [0.717, 1.165) is 45.9 Å². The molecule has 2 N–H and O–H groups in total. The Morgan fingerprint density at radius 1 is 1.41 bits per heavy atom. The second-order valence-corrected chi connectivity index (χ2v) is 7.31. The number of piperidine rings is 1. The van der Waals surface area contributed by atoms with Crippen LogP contribution in [0.4, 0.5) is 0 Å². The average molecular weight is 321 g/mol. The maximum Gasteiger partial charge on any atom is 0.259 e. The zero-order valence-electron chi connectivity index (χ0n) is 13.2. The lowest BCUT2D eigenvalue weighted by molar-refractivity contribution is 0.110. The number of thiophene rings is 1. The summed E-state index contributed by atoms with van der Waals surface area (Å²) in [5.41, 5.74) is 1.01. The molecule has 0 radical (unpaired) electrons. The SMILES string of the molecule is Cc1sc2nc(CN3CCCCC3CCO)[nH]c(=O)c2c1C. The molecular formula is C16H23N3O2S. The Balaban J connectivity index is 1.88. The van der Waals surface area contributed by atoms with Crippen molar-refractivity contribution in [2.45, 2.75) is 52.1 Å². The lowest BCUT2D eigenvalue weighted by atomic mass is 10.00. The number of aliphatic hydroxyl groups excluding tert-OH is 1. The topological polar surface area (TPSA) is 69.2 Å². The van der Waals surface area contributed by atoms with Crippen LogP contribution in [-0.4, -0.2) is 39.2 Å². The zero-order chi connectivity index (χ0) is 15.7. The van der Waals surface area contributed by atoms with E-state index < -0.39 is 0 Å². The molecule has 1 aliphatic rings. The van der Waals surface area contributed by atoms with Crippen molar-refractivity contribution >= 4 is 21.6 Å². The highest BCUT2D eigenvalue weighted by molar-refractivity contribution is 7.18. The van der Waals surface area contributed by atoms with Gasteiger partial charge in [-0.25, -0.2) is 4.98 Å². The number of aryl methyl sites for hydroxylation is 2. The number of aliphatic hydroxyl groups is 1. The zero-order valence-corrected chi connectivity index (χ0v) is 14.0. The smallest absolute Gasteiger partial charge is 0.259 e. The van der Waals surface area contributed by atoms with Crippen molar-refractivity contribution in [1.82, 2.24) is 14.9 Å². The van der Waals surface area contributed by atoms with Crippen LogP contribution in [0, 0.1) is 13.8 Å². The van der Waals surface area contributed by atoms with Crippen molar-refractivity contribution < 1.29 is 5.11 Å². The molecule has 0 saturated carbocycles. The molecule has 0 spiro atoms. The molecule has 2 aromatic heterocycles. The summed E-state index contributed by atoms with van der Waals surface area (Å²) in [6.07, 6.45) is 4.30. The fourth-order valence-corrected chi connectivity index (χ4v) is 4.36. The number of aromatic amines is 1. The Bertz CT molecular complexity index is 720. The minimum absolute atomic E-state index is 0.0300. The Labute approximate surface area is 134 Å². The molecule has 3 heterocycles. The summed E-state index contributed by atoms with van der Waals surface area (Å²) >= 11 is 1.59. The van der Waals surface area contributed by atoms with Gasteiger partial charge < -0.3 is 10.1 Å². The van der Waals surface area contributed by atoms with Gasteiger partial charge in [0.1, 0.15) is 10.7 Å². The first-order valence-corrected chi connectivity index (χ1v) is 8.75. The summed E-state index contributed by atoms with van der Waals surface area (Å²) < 4.78 is 0. The molecule has 22 heavy (non-hydrogen) atoms. The summed E-state index contributed by atoms with van der Waals surface area (Å²) in [4.78, 5) is 24.3. The van der Waals surface area contributed by atoms with E-state index in [0.29, 0.717) is 12.6 Å². The van der Waals surface area contributed by atoms with Crippen LogP contribution in [-0.2, 0) is 6.54 Å². The second kappa shape index (κ2) is 6.48. The first-order valence-electron chi connectivity index (χ1n) is 7.94. The van der Waals surface area contributed by atoms with Crippen molar-refractivity contribution in [3.05, 3.63) is 26.6 Å². The van der Waals surface area contributed by atoms with E-state index >= 15 is 0 Å². The highest BCUT2D eigenvalue weighted by Crippen LogP contribution is 2.26. The number of fused-ring (bicyclic) bond motifs is 1. The monoisotopic (exact) mass is 321 g/mol. The third-order valence-corrected chi connectivity index (χ3v) is 5.75. The molecule has 2 aromatic rings. The molecule has 5 nitrogen and oxygen atoms in total. The van der Waals surface area contributed by atoms with Gasteiger partial charge in [-0.3, -0.25) is 9.69 Å². The minimum atomic E-state index is -0.0300. The number of likely N-dealkylation sites (tertiary alicyclic amines) is 1. The van der Waals surface area contributed by atoms with Crippen molar-refractivity contribution in [3.63, 3.8) is 0 Å². The van der Waals surface area contributed by atoms with Crippen LogP contribution < -0.4 is 5.56 Å². The van der Waals surface area contributed by atoms with Crippen LogP contribution in [0.3, 0.4) is 0 Å². The van der Waals surface area contributed by atoms with Crippen LogP contribution in [0.2, 0.25) is 0 Å². The van der Waals surface area contributed by atoms with E-state index in [4.69, 9.17) is 0 Å². The van der Waals surface area contributed by atoms with E-state index in [2.05, 4.69) is 14.9 Å². The summed E-state index contributed by atoms with van der Waals surface area (Å²) in [6, 6.07) is 0.395. The molecule has 1 unspecified atom stereocenters. The van der Waals surface area contributed by atoms with Gasteiger partial charge in [0.2, 0.25) is 0 Å². The normalized spacial score (nSPS) is 19.9. The summed E-state index contributed by atoms with van der Waals surface area (Å²) in [5.74, 6) is 0.739. The molecule has 120 valence electrons. The number of nitrogens with one attached hydrogen (secondary N) is 1. The van der Waals surface area contributed by atoms with Gasteiger partial charge in [-0.1, -0.05) is 6.42 Å². The fourth-order valence-electron chi connectivity index (χ4n) is 3.31. The quantitative estimate of drug-likeness (QED) is 0.907. The van der Waals surface area contributed by atoms with Crippen LogP contribution in [0.5, 0.6) is 0 Å². The van der Waals surface area contributed by atoms with Gasteiger partial charge in [0.05, 0.1) is 11.9 Å². The van der Waals surface area contributed by atoms with Gasteiger partial charge in [0, 0.05) is 17.5 Å². The van der Waals surface area contributed by atoms with E-state index in [1.54, 1.807) is 11.3 Å². The molecular weight excluding hydrogens is 298 g/mol. The molecule has 0 aliphatic carbocycles. The minimum Gasteiger partial charge on any atom is -0.396 e. The number of hydrogen-bond acceptors (Lipinski definition) is 5. The third-order valence-electron chi connectivity index (χ3n) is 4.65. The first kappa shape index (κ1) is 15.6. The molecule has 1 atom stereocenters. The van der Waals surface area contributed by atoms with Gasteiger partial charge >= 0.3 is 0 Å². The molecule has 0 bridgehead atoms. The predicted octanol–water partition coefficient (Wildman–Crippen LogP) is 2.34. The number of aromatic nitrogens is 2. The van der Waals surface area contributed by atoms with Gasteiger partial charge in [-0.2, -0.15) is 0 Å². The summed E-state index contributed by atoms with van der Waals surface area (Å²) in [6.45, 7) is 5.89. The lowest BCUT2D eigenvalue weighted by Crippen LogP contribution is -2.40. The second-order valence-electron chi connectivity index (χ2n) is 6.11. The summed E-state index contributed by atoms with van der Waals surface area (Å²) in [7, 11) is 0. The maximum absolute atomic E-state index is 12.3. The standard InChI is InChI=1S/C16H23N3O2S/c1-10-11(2)22-16-14(10)15(21)17-13(18-16)9-19-7-4-3-5-12(19)6-8-20/h12,20H,3-9H2,1-2H3,(H,17,18,21). The van der Waals surface area contributed by atoms with Crippen molar-refractivity contribution in [2.24, 2.45) is 0 Å². The Hall–Kier alpha value is -1.24. The van der Waals surface area contributed by atoms with E-state index in [1.807, 2.05) is 13.8 Å². The fraction of sp³-hybridized carbons (Fsp3) is 0.625. The average Bonchev–Trinajstić information content (AvgIpc) is 2.77. The van der Waals surface area contributed by atoms with Crippen molar-refractivity contribution in [3.8, 4) is 0 Å². The molecule has 1 saturated heterocycles. The lowest BCUT2D eigenvalue weighted by Gasteiger charge is -2.35. The molecule has 1 fully saturated rings. The molecule has 1 aliphatic heterocycles.